The van der Waals surface area contributed by atoms with Crippen molar-refractivity contribution in [2.75, 3.05) is 34.6 Å². The Morgan fingerprint density at radius 3 is 2.83 bits per heavy atom. The highest BCUT2D eigenvalue weighted by atomic mass is 16.7. The van der Waals surface area contributed by atoms with Crippen molar-refractivity contribution in [2.24, 2.45) is 0 Å². The van der Waals surface area contributed by atoms with Crippen LogP contribution in [0, 0.1) is 0 Å². The van der Waals surface area contributed by atoms with Crippen molar-refractivity contribution in [2.45, 2.75) is 31.8 Å². The highest BCUT2D eigenvalue weighted by Gasteiger charge is 2.42. The van der Waals surface area contributed by atoms with Crippen molar-refractivity contribution < 1.29 is 28.8 Å². The Labute approximate surface area is 169 Å². The van der Waals surface area contributed by atoms with Crippen LogP contribution in [0.15, 0.2) is 18.2 Å². The fourth-order valence-corrected chi connectivity index (χ4v) is 4.87. The highest BCUT2D eigenvalue weighted by Crippen LogP contribution is 2.54. The van der Waals surface area contributed by atoms with Crippen LogP contribution in [0.2, 0.25) is 0 Å². The second kappa shape index (κ2) is 7.09. The summed E-state index contributed by atoms with van der Waals surface area (Å²) in [6.45, 7) is 1.47. The van der Waals surface area contributed by atoms with Gasteiger partial charge in [0.25, 0.3) is 0 Å². The van der Waals surface area contributed by atoms with Crippen molar-refractivity contribution in [3.05, 3.63) is 46.0 Å². The summed E-state index contributed by atoms with van der Waals surface area (Å²) in [6, 6.07) is 5.99. The van der Waals surface area contributed by atoms with E-state index in [1.165, 1.54) is 5.56 Å². The zero-order valence-corrected chi connectivity index (χ0v) is 16.9. The fourth-order valence-electron chi connectivity index (χ4n) is 4.87. The van der Waals surface area contributed by atoms with Crippen LogP contribution in [-0.2, 0) is 24.4 Å². The van der Waals surface area contributed by atoms with E-state index in [9.17, 15) is 5.11 Å². The molecule has 29 heavy (non-hydrogen) atoms. The summed E-state index contributed by atoms with van der Waals surface area (Å²) < 4.78 is 28.9. The van der Waals surface area contributed by atoms with Crippen LogP contribution in [0.4, 0.5) is 0 Å². The molecule has 0 radical (unpaired) electrons. The zero-order chi connectivity index (χ0) is 20.1. The molecule has 0 spiro atoms. The van der Waals surface area contributed by atoms with Crippen LogP contribution in [-0.4, -0.2) is 44.6 Å². The maximum atomic E-state index is 9.91. The quantitative estimate of drug-likeness (QED) is 0.848. The molecule has 0 fully saturated rings. The van der Waals surface area contributed by atoms with E-state index in [0.29, 0.717) is 18.1 Å². The normalized spacial score (nSPS) is 22.3. The van der Waals surface area contributed by atoms with Gasteiger partial charge in [-0.05, 0) is 42.3 Å². The second-order valence-electron chi connectivity index (χ2n) is 7.60. The highest BCUT2D eigenvalue weighted by molar-refractivity contribution is 5.62. The molecule has 7 nitrogen and oxygen atoms in total. The van der Waals surface area contributed by atoms with Gasteiger partial charge in [0.15, 0.2) is 11.5 Å². The van der Waals surface area contributed by atoms with Crippen molar-refractivity contribution >= 4 is 0 Å². The molecule has 0 amide bonds. The van der Waals surface area contributed by atoms with Gasteiger partial charge < -0.3 is 28.8 Å². The van der Waals surface area contributed by atoms with Gasteiger partial charge in [-0.3, -0.25) is 4.90 Å². The fraction of sp³-hybridized carbons (Fsp3) is 0.455. The van der Waals surface area contributed by atoms with E-state index >= 15 is 0 Å². The van der Waals surface area contributed by atoms with Crippen molar-refractivity contribution in [3.8, 4) is 23.0 Å². The lowest BCUT2D eigenvalue weighted by atomic mass is 9.85. The van der Waals surface area contributed by atoms with Crippen molar-refractivity contribution in [1.29, 1.82) is 0 Å². The molecule has 3 aliphatic heterocycles. The minimum atomic E-state index is -0.181. The summed E-state index contributed by atoms with van der Waals surface area (Å²) in [5.74, 6) is 2.81. The number of benzene rings is 2. The van der Waals surface area contributed by atoms with Gasteiger partial charge in [0.1, 0.15) is 11.9 Å². The number of rotatable bonds is 4. The van der Waals surface area contributed by atoms with Crippen LogP contribution < -0.4 is 18.9 Å². The van der Waals surface area contributed by atoms with E-state index in [1.54, 1.807) is 14.2 Å². The Morgan fingerprint density at radius 1 is 1.21 bits per heavy atom. The Balaban J connectivity index is 1.65. The number of fused-ring (bicyclic) bond motifs is 3. The molecule has 2 aromatic rings. The van der Waals surface area contributed by atoms with E-state index in [0.717, 1.165) is 46.7 Å². The third-order valence-electron chi connectivity index (χ3n) is 6.26. The molecule has 2 unspecified atom stereocenters. The molecule has 2 atom stereocenters. The maximum absolute atomic E-state index is 9.91. The van der Waals surface area contributed by atoms with Crippen LogP contribution in [0.1, 0.15) is 40.0 Å². The molecule has 5 rings (SSSR count). The minimum absolute atomic E-state index is 0.0376. The monoisotopic (exact) mass is 399 g/mol. The predicted octanol–water partition coefficient (Wildman–Crippen LogP) is 2.73. The molecular formula is C22H25NO6. The lowest BCUT2D eigenvalue weighted by molar-refractivity contribution is -0.00479. The number of hydrogen-bond acceptors (Lipinski definition) is 7. The molecule has 154 valence electrons. The Hall–Kier alpha value is -2.48. The van der Waals surface area contributed by atoms with Gasteiger partial charge in [-0.1, -0.05) is 6.07 Å². The van der Waals surface area contributed by atoms with Crippen LogP contribution >= 0.6 is 0 Å². The van der Waals surface area contributed by atoms with E-state index in [4.69, 9.17) is 23.7 Å². The number of aliphatic hydroxyl groups is 1. The molecule has 1 N–H and O–H groups in total. The van der Waals surface area contributed by atoms with E-state index in [-0.39, 0.29) is 25.5 Å². The van der Waals surface area contributed by atoms with Crippen LogP contribution in [0.3, 0.4) is 0 Å². The Kier molecular flexibility index (Phi) is 4.53. The van der Waals surface area contributed by atoms with Gasteiger partial charge in [0.05, 0.1) is 33.5 Å². The summed E-state index contributed by atoms with van der Waals surface area (Å²) in [4.78, 5) is 2.30. The first-order valence-electron chi connectivity index (χ1n) is 9.78. The Bertz CT molecular complexity index is 959. The number of aliphatic hydroxyl groups excluding tert-OH is 1. The summed E-state index contributed by atoms with van der Waals surface area (Å²) in [6.07, 6.45) is 0.721. The number of ether oxygens (including phenoxy) is 5. The largest absolute Gasteiger partial charge is 0.496 e. The van der Waals surface area contributed by atoms with Gasteiger partial charge in [-0.15, -0.1) is 0 Å². The summed E-state index contributed by atoms with van der Waals surface area (Å²) in [5, 5.41) is 9.91. The third-order valence-corrected chi connectivity index (χ3v) is 6.26. The smallest absolute Gasteiger partial charge is 0.231 e. The zero-order valence-electron chi connectivity index (χ0n) is 16.9. The number of nitrogens with zero attached hydrogens (tertiary/aromatic N) is 1. The first-order valence-corrected chi connectivity index (χ1v) is 9.78. The first kappa shape index (κ1) is 18.5. The van der Waals surface area contributed by atoms with Gasteiger partial charge >= 0.3 is 0 Å². The molecular weight excluding hydrogens is 374 g/mol. The number of hydrogen-bond donors (Lipinski definition) is 1. The average Bonchev–Trinajstić information content (AvgIpc) is 3.38. The maximum Gasteiger partial charge on any atom is 0.231 e. The molecule has 3 aliphatic rings. The van der Waals surface area contributed by atoms with Crippen molar-refractivity contribution in [1.82, 2.24) is 4.90 Å². The van der Waals surface area contributed by atoms with Gasteiger partial charge in [0, 0.05) is 17.7 Å². The Morgan fingerprint density at radius 2 is 2.07 bits per heavy atom. The van der Waals surface area contributed by atoms with E-state index in [1.807, 2.05) is 12.1 Å². The summed E-state index contributed by atoms with van der Waals surface area (Å²) >= 11 is 0. The molecule has 0 aromatic heterocycles. The molecule has 2 aromatic carbocycles. The van der Waals surface area contributed by atoms with E-state index < -0.39 is 0 Å². The topological polar surface area (TPSA) is 69.6 Å². The molecule has 0 bridgehead atoms. The van der Waals surface area contributed by atoms with Gasteiger partial charge in [0.2, 0.25) is 12.5 Å². The molecule has 3 heterocycles. The molecule has 0 saturated heterocycles. The minimum Gasteiger partial charge on any atom is -0.496 e. The first-order chi connectivity index (χ1) is 14.2. The van der Waals surface area contributed by atoms with Crippen molar-refractivity contribution in [3.63, 3.8) is 0 Å². The van der Waals surface area contributed by atoms with Gasteiger partial charge in [-0.25, -0.2) is 0 Å². The lowest BCUT2D eigenvalue weighted by Gasteiger charge is -2.39. The number of likely N-dealkylation sites (N-methyl/N-ethyl adjacent to an activating group) is 1. The van der Waals surface area contributed by atoms with Gasteiger partial charge in [-0.2, -0.15) is 0 Å². The molecule has 0 saturated carbocycles. The predicted molar refractivity (Wildman–Crippen MR) is 105 cm³/mol. The SMILES string of the molecule is COc1ccc2c(c1CO)COC2C1c2c(cc3c(c2OC)OCO3)CCN1C. The molecule has 0 aliphatic carbocycles. The van der Waals surface area contributed by atoms with Crippen LogP contribution in [0.25, 0.3) is 0 Å². The standard InChI is InChI=1S/C22H25NO6/c1-23-7-6-12-8-17-21(29-11-28-17)22(26-3)18(12)19(23)20-13-4-5-16(25-2)14(9-24)15(13)10-27-20/h4-5,8,19-20,24H,6-7,9-11H2,1-3H3. The summed E-state index contributed by atoms with van der Waals surface area (Å²) in [7, 11) is 5.39. The summed E-state index contributed by atoms with van der Waals surface area (Å²) in [5.41, 5.74) is 5.17. The lowest BCUT2D eigenvalue weighted by Crippen LogP contribution is -2.36. The van der Waals surface area contributed by atoms with E-state index in [2.05, 4.69) is 18.0 Å². The number of methoxy groups -OCH3 is 2. The third kappa shape index (κ3) is 2.68. The van der Waals surface area contributed by atoms with Crippen LogP contribution in [0.5, 0.6) is 23.0 Å². The second-order valence-corrected chi connectivity index (χ2v) is 7.60. The average molecular weight is 399 g/mol. The molecule has 7 heteroatoms.